The van der Waals surface area contributed by atoms with Gasteiger partial charge in [0.2, 0.25) is 5.91 Å². The van der Waals surface area contributed by atoms with E-state index in [1.165, 1.54) is 5.69 Å². The Hall–Kier alpha value is -4.30. The van der Waals surface area contributed by atoms with Gasteiger partial charge in [-0.25, -0.2) is 0 Å². The van der Waals surface area contributed by atoms with E-state index in [-0.39, 0.29) is 0 Å². The average Bonchev–Trinajstić information content (AvgIpc) is 3.36. The van der Waals surface area contributed by atoms with E-state index in [2.05, 4.69) is 45.4 Å². The van der Waals surface area contributed by atoms with E-state index in [1.54, 1.807) is 7.11 Å². The Morgan fingerprint density at radius 3 is 2.07 bits per heavy atom. The summed E-state index contributed by atoms with van der Waals surface area (Å²) in [6.07, 6.45) is -2.46. The molecule has 0 aromatic heterocycles. The number of anilines is 1. The van der Waals surface area contributed by atoms with Gasteiger partial charge in [0.15, 0.2) is 0 Å². The number of nitrogens with one attached hydrogen (secondary N) is 1. The van der Waals surface area contributed by atoms with E-state index in [4.69, 9.17) is 4.74 Å². The number of alkyl halides is 3. The first-order valence-electron chi connectivity index (χ1n) is 15.5. The summed E-state index contributed by atoms with van der Waals surface area (Å²) in [5.41, 5.74) is 5.74. The van der Waals surface area contributed by atoms with Crippen molar-refractivity contribution in [3.05, 3.63) is 108 Å². The largest absolute Gasteiger partial charge is 0.497 e. The summed E-state index contributed by atoms with van der Waals surface area (Å²) >= 11 is 0. The maximum atomic E-state index is 13.7. The molecule has 0 radical (unpaired) electrons. The standard InChI is InChI=1S/C37H38F3N3O2/c1-45-30-10-8-9-28(25-30)27-15-17-29(18-16-27)43-23-21-42(22-24-43)20-7-6-19-36(35(44)41-26-37(38,39)40)33-13-4-2-11-31(33)32-12-3-5-14-34(32)36/h2-5,8-18,25H,6-7,19-24,26H2,1H3,(H,41,44). The molecule has 1 aliphatic heterocycles. The van der Waals surface area contributed by atoms with Crippen LogP contribution in [0.15, 0.2) is 97.1 Å². The summed E-state index contributed by atoms with van der Waals surface area (Å²) in [6, 6.07) is 31.9. The van der Waals surface area contributed by atoms with Gasteiger partial charge in [-0.05, 0) is 77.0 Å². The molecule has 0 spiro atoms. The van der Waals surface area contributed by atoms with Crippen LogP contribution in [0.5, 0.6) is 5.75 Å². The normalized spacial score (nSPS) is 15.8. The maximum absolute atomic E-state index is 13.7. The Balaban J connectivity index is 1.07. The third kappa shape index (κ3) is 6.43. The molecule has 1 aliphatic carbocycles. The molecule has 0 unspecified atom stereocenters. The number of ether oxygens (including phenoxy) is 1. The summed E-state index contributed by atoms with van der Waals surface area (Å²) in [7, 11) is 1.67. The number of amides is 1. The number of hydrogen-bond donors (Lipinski definition) is 1. The van der Waals surface area contributed by atoms with Crippen molar-refractivity contribution in [3.8, 4) is 28.0 Å². The molecule has 4 aromatic carbocycles. The molecular weight excluding hydrogens is 575 g/mol. The van der Waals surface area contributed by atoms with Crippen molar-refractivity contribution < 1.29 is 22.7 Å². The molecule has 0 atom stereocenters. The summed E-state index contributed by atoms with van der Waals surface area (Å²) < 4.78 is 44.8. The molecule has 0 bridgehead atoms. The SMILES string of the molecule is COc1cccc(-c2ccc(N3CCN(CCCCC4(C(=O)NCC(F)(F)F)c5ccccc5-c5ccccc54)CC3)cc2)c1. The first-order valence-corrected chi connectivity index (χ1v) is 15.5. The van der Waals surface area contributed by atoms with Crippen molar-refractivity contribution >= 4 is 11.6 Å². The topological polar surface area (TPSA) is 44.8 Å². The van der Waals surface area contributed by atoms with Crippen LogP contribution < -0.4 is 15.0 Å². The van der Waals surface area contributed by atoms with Crippen LogP contribution in [0.25, 0.3) is 22.3 Å². The van der Waals surface area contributed by atoms with Gasteiger partial charge in [0.05, 0.1) is 7.11 Å². The van der Waals surface area contributed by atoms with Crippen LogP contribution in [0.3, 0.4) is 0 Å². The fraction of sp³-hybridized carbons (Fsp3) is 0.324. The lowest BCUT2D eigenvalue weighted by Gasteiger charge is -2.36. The number of unbranched alkanes of at least 4 members (excludes halogenated alkanes) is 1. The number of nitrogens with zero attached hydrogens (tertiary/aromatic N) is 2. The number of carbonyl (C=O) groups is 1. The Kier molecular flexibility index (Phi) is 8.85. The van der Waals surface area contributed by atoms with E-state index in [9.17, 15) is 18.0 Å². The zero-order valence-electron chi connectivity index (χ0n) is 25.4. The Bertz CT molecular complexity index is 1580. The van der Waals surface area contributed by atoms with Crippen molar-refractivity contribution in [3.63, 3.8) is 0 Å². The van der Waals surface area contributed by atoms with Gasteiger partial charge in [0.1, 0.15) is 17.7 Å². The van der Waals surface area contributed by atoms with Gasteiger partial charge in [0, 0.05) is 31.9 Å². The van der Waals surface area contributed by atoms with Crippen LogP contribution in [0.2, 0.25) is 0 Å². The van der Waals surface area contributed by atoms with E-state index in [1.807, 2.05) is 66.7 Å². The predicted octanol–water partition coefficient (Wildman–Crippen LogP) is 7.30. The highest BCUT2D eigenvalue weighted by atomic mass is 19.4. The summed E-state index contributed by atoms with van der Waals surface area (Å²) in [4.78, 5) is 18.5. The summed E-state index contributed by atoms with van der Waals surface area (Å²) in [5, 5.41) is 2.23. The van der Waals surface area contributed by atoms with Gasteiger partial charge in [-0.15, -0.1) is 0 Å². The fourth-order valence-electron chi connectivity index (χ4n) is 6.91. The molecule has 1 fully saturated rings. The van der Waals surface area contributed by atoms with Crippen molar-refractivity contribution in [2.45, 2.75) is 30.9 Å². The van der Waals surface area contributed by atoms with Crippen LogP contribution in [-0.2, 0) is 10.2 Å². The van der Waals surface area contributed by atoms with E-state index >= 15 is 0 Å². The molecule has 8 heteroatoms. The number of fused-ring (bicyclic) bond motifs is 3. The van der Waals surface area contributed by atoms with Crippen molar-refractivity contribution in [1.29, 1.82) is 0 Å². The number of hydrogen-bond acceptors (Lipinski definition) is 4. The second kappa shape index (κ2) is 13.0. The molecule has 1 saturated heterocycles. The summed E-state index contributed by atoms with van der Waals surface area (Å²) in [5.74, 6) is 0.258. The van der Waals surface area contributed by atoms with Gasteiger partial charge in [-0.3, -0.25) is 9.69 Å². The molecule has 1 amide bonds. The number of rotatable bonds is 10. The van der Waals surface area contributed by atoms with Gasteiger partial charge in [0.25, 0.3) is 0 Å². The highest BCUT2D eigenvalue weighted by molar-refractivity contribution is 6.00. The fourth-order valence-corrected chi connectivity index (χ4v) is 6.91. The minimum atomic E-state index is -4.48. The maximum Gasteiger partial charge on any atom is 0.405 e. The van der Waals surface area contributed by atoms with Crippen LogP contribution in [0, 0.1) is 0 Å². The molecule has 1 N–H and O–H groups in total. The van der Waals surface area contributed by atoms with Gasteiger partial charge in [-0.1, -0.05) is 79.2 Å². The number of halogens is 3. The molecule has 45 heavy (non-hydrogen) atoms. The lowest BCUT2D eigenvalue weighted by Crippen LogP contribution is -2.47. The van der Waals surface area contributed by atoms with E-state index in [0.29, 0.717) is 12.8 Å². The first kappa shape index (κ1) is 30.7. The van der Waals surface area contributed by atoms with Crippen molar-refractivity contribution in [2.75, 3.05) is 51.3 Å². The van der Waals surface area contributed by atoms with Crippen molar-refractivity contribution in [2.24, 2.45) is 0 Å². The molecule has 4 aromatic rings. The smallest absolute Gasteiger partial charge is 0.405 e. The van der Waals surface area contributed by atoms with E-state index in [0.717, 1.165) is 78.3 Å². The lowest BCUT2D eigenvalue weighted by molar-refractivity contribution is -0.141. The second-order valence-corrected chi connectivity index (χ2v) is 11.9. The highest BCUT2D eigenvalue weighted by Gasteiger charge is 2.49. The molecule has 1 heterocycles. The highest BCUT2D eigenvalue weighted by Crippen LogP contribution is 2.51. The zero-order valence-corrected chi connectivity index (χ0v) is 25.4. The zero-order chi connectivity index (χ0) is 31.4. The molecule has 5 nitrogen and oxygen atoms in total. The number of methoxy groups -OCH3 is 1. The monoisotopic (exact) mass is 613 g/mol. The Morgan fingerprint density at radius 1 is 0.800 bits per heavy atom. The lowest BCUT2D eigenvalue weighted by atomic mass is 9.73. The summed E-state index contributed by atoms with van der Waals surface area (Å²) in [6.45, 7) is 3.24. The van der Waals surface area contributed by atoms with Crippen LogP contribution in [-0.4, -0.2) is 63.4 Å². The van der Waals surface area contributed by atoms with Gasteiger partial charge >= 0.3 is 6.18 Å². The van der Waals surface area contributed by atoms with E-state index < -0.39 is 24.0 Å². The second-order valence-electron chi connectivity index (χ2n) is 11.9. The number of carbonyl (C=O) groups excluding carboxylic acids is 1. The predicted molar refractivity (Wildman–Crippen MR) is 173 cm³/mol. The molecule has 234 valence electrons. The number of piperazine rings is 1. The van der Waals surface area contributed by atoms with Crippen LogP contribution in [0.4, 0.5) is 18.9 Å². The minimum Gasteiger partial charge on any atom is -0.497 e. The minimum absolute atomic E-state index is 0.449. The Labute approximate surface area is 262 Å². The molecule has 0 saturated carbocycles. The third-order valence-electron chi connectivity index (χ3n) is 9.18. The van der Waals surface area contributed by atoms with Crippen molar-refractivity contribution in [1.82, 2.24) is 10.2 Å². The van der Waals surface area contributed by atoms with Gasteiger partial charge < -0.3 is 15.0 Å². The van der Waals surface area contributed by atoms with Gasteiger partial charge in [-0.2, -0.15) is 13.2 Å². The number of benzene rings is 4. The quantitative estimate of drug-likeness (QED) is 0.191. The average molecular weight is 614 g/mol. The molecule has 6 rings (SSSR count). The molecular formula is C37H38F3N3O2. The van der Waals surface area contributed by atoms with Crippen LogP contribution in [0.1, 0.15) is 30.4 Å². The van der Waals surface area contributed by atoms with Crippen LogP contribution >= 0.6 is 0 Å². The third-order valence-corrected chi connectivity index (χ3v) is 9.18. The Morgan fingerprint density at radius 2 is 1.44 bits per heavy atom. The first-order chi connectivity index (χ1) is 21.8. The molecule has 2 aliphatic rings.